The van der Waals surface area contributed by atoms with Gasteiger partial charge in [0.05, 0.1) is 9.95 Å². The second-order valence-electron chi connectivity index (χ2n) is 4.50. The van der Waals surface area contributed by atoms with Gasteiger partial charge in [0.15, 0.2) is 0 Å². The fourth-order valence-corrected chi connectivity index (χ4v) is 1.54. The van der Waals surface area contributed by atoms with E-state index in [1.165, 1.54) is 0 Å². The molecule has 7 nitrogen and oxygen atoms in total. The van der Waals surface area contributed by atoms with E-state index in [1.807, 2.05) is 0 Å². The molecule has 0 aromatic carbocycles. The van der Waals surface area contributed by atoms with Crippen LogP contribution in [0.4, 0.5) is 16.2 Å². The normalized spacial score (nSPS) is 11.0. The summed E-state index contributed by atoms with van der Waals surface area (Å²) in [5.41, 5.74) is -1.58. The van der Waals surface area contributed by atoms with Crippen LogP contribution in [0.3, 0.4) is 0 Å². The van der Waals surface area contributed by atoms with Crippen LogP contribution in [-0.4, -0.2) is 21.6 Å². The molecule has 1 aromatic rings. The number of amides is 1. The Morgan fingerprint density at radius 1 is 1.47 bits per heavy atom. The molecule has 0 saturated heterocycles. The van der Waals surface area contributed by atoms with Crippen LogP contribution in [0, 0.1) is 10.1 Å². The van der Waals surface area contributed by atoms with Crippen LogP contribution in [0.5, 0.6) is 0 Å². The third-order valence-corrected chi connectivity index (χ3v) is 2.33. The first-order chi connectivity index (χ1) is 8.61. The lowest BCUT2D eigenvalue weighted by molar-refractivity contribution is -0.384. The molecule has 0 atom stereocenters. The minimum atomic E-state index is -0.875. The molecule has 0 fully saturated rings. The average molecular weight is 308 g/mol. The van der Waals surface area contributed by atoms with Gasteiger partial charge in [-0.2, -0.15) is 0 Å². The van der Waals surface area contributed by atoms with E-state index in [0.717, 1.165) is 6.20 Å². The molecule has 0 aliphatic carbocycles. The zero-order valence-electron chi connectivity index (χ0n) is 10.4. The van der Waals surface area contributed by atoms with Crippen molar-refractivity contribution >= 4 is 40.7 Å². The molecule has 1 amide bonds. The maximum atomic E-state index is 11.6. The van der Waals surface area contributed by atoms with Crippen molar-refractivity contribution in [2.45, 2.75) is 26.4 Å². The topological polar surface area (TPSA) is 94.4 Å². The van der Waals surface area contributed by atoms with E-state index in [1.54, 1.807) is 20.8 Å². The van der Waals surface area contributed by atoms with Crippen LogP contribution in [0.25, 0.3) is 0 Å². The minimum Gasteiger partial charge on any atom is -0.444 e. The Bertz CT molecular complexity index is 528. The van der Waals surface area contributed by atoms with Crippen molar-refractivity contribution in [3.05, 3.63) is 26.5 Å². The zero-order chi connectivity index (χ0) is 14.8. The molecule has 0 bridgehead atoms. The van der Waals surface area contributed by atoms with E-state index in [0.29, 0.717) is 0 Å². The molecule has 9 heteroatoms. The van der Waals surface area contributed by atoms with Crippen LogP contribution in [0.1, 0.15) is 20.8 Å². The molecular weight excluding hydrogens is 297 g/mol. The van der Waals surface area contributed by atoms with Gasteiger partial charge in [0.2, 0.25) is 5.15 Å². The summed E-state index contributed by atoms with van der Waals surface area (Å²) in [4.78, 5) is 25.2. The smallest absolute Gasteiger partial charge is 0.412 e. The maximum absolute atomic E-state index is 11.6. The first-order valence-corrected chi connectivity index (χ1v) is 5.86. The summed E-state index contributed by atoms with van der Waals surface area (Å²) in [6.45, 7) is 4.96. The van der Waals surface area contributed by atoms with Gasteiger partial charge in [-0.25, -0.2) is 9.78 Å². The van der Waals surface area contributed by atoms with Gasteiger partial charge in [0.25, 0.3) is 0 Å². The van der Waals surface area contributed by atoms with Crippen molar-refractivity contribution in [2.24, 2.45) is 0 Å². The molecule has 1 heterocycles. The molecule has 0 aliphatic heterocycles. The van der Waals surface area contributed by atoms with E-state index in [4.69, 9.17) is 27.9 Å². The summed E-state index contributed by atoms with van der Waals surface area (Å²) in [7, 11) is 0. The van der Waals surface area contributed by atoms with Gasteiger partial charge in [0, 0.05) is 6.20 Å². The summed E-state index contributed by atoms with van der Waals surface area (Å²) in [5, 5.41) is 12.6. The first-order valence-electron chi connectivity index (χ1n) is 5.10. The molecule has 0 radical (unpaired) electrons. The number of nitro groups is 1. The van der Waals surface area contributed by atoms with Crippen molar-refractivity contribution in [1.29, 1.82) is 0 Å². The molecule has 1 aromatic heterocycles. The van der Waals surface area contributed by atoms with Gasteiger partial charge < -0.3 is 4.74 Å². The van der Waals surface area contributed by atoms with Gasteiger partial charge in [-0.05, 0) is 20.8 Å². The standard InChI is InChI=1S/C10H11Cl2N3O4/c1-10(2,3)19-9(16)14-6-5(11)4-13-8(12)7(6)15(17)18/h4H,1-3H3,(H,13,14,16). The monoisotopic (exact) mass is 307 g/mol. The Kier molecular flexibility index (Phi) is 4.54. The van der Waals surface area contributed by atoms with Crippen molar-refractivity contribution < 1.29 is 14.5 Å². The number of nitrogens with zero attached hydrogens (tertiary/aromatic N) is 2. The van der Waals surface area contributed by atoms with E-state index < -0.39 is 22.3 Å². The second-order valence-corrected chi connectivity index (χ2v) is 5.27. The van der Waals surface area contributed by atoms with Crippen LogP contribution >= 0.6 is 23.2 Å². The number of carbonyl (C=O) groups is 1. The van der Waals surface area contributed by atoms with Gasteiger partial charge >= 0.3 is 11.8 Å². The summed E-state index contributed by atoms with van der Waals surface area (Å²) in [6.07, 6.45) is 0.226. The zero-order valence-corrected chi connectivity index (χ0v) is 11.9. The molecule has 0 spiro atoms. The highest BCUT2D eigenvalue weighted by atomic mass is 35.5. The fraction of sp³-hybridized carbons (Fsp3) is 0.400. The van der Waals surface area contributed by atoms with Crippen molar-refractivity contribution in [3.63, 3.8) is 0 Å². The summed E-state index contributed by atoms with van der Waals surface area (Å²) in [5.74, 6) is 0. The van der Waals surface area contributed by atoms with Crippen molar-refractivity contribution in [2.75, 3.05) is 5.32 Å². The molecular formula is C10H11Cl2N3O4. The van der Waals surface area contributed by atoms with E-state index in [9.17, 15) is 14.9 Å². The van der Waals surface area contributed by atoms with E-state index in [2.05, 4.69) is 10.3 Å². The molecule has 0 saturated carbocycles. The van der Waals surface area contributed by atoms with Gasteiger partial charge in [0.1, 0.15) is 11.3 Å². The van der Waals surface area contributed by atoms with E-state index >= 15 is 0 Å². The Morgan fingerprint density at radius 2 is 2.05 bits per heavy atom. The first kappa shape index (κ1) is 15.5. The highest BCUT2D eigenvalue weighted by Gasteiger charge is 2.26. The maximum Gasteiger partial charge on any atom is 0.412 e. The Morgan fingerprint density at radius 3 is 2.53 bits per heavy atom. The SMILES string of the molecule is CC(C)(C)OC(=O)Nc1c(Cl)cnc(Cl)c1[N+](=O)[O-]. The summed E-state index contributed by atoms with van der Waals surface area (Å²) < 4.78 is 4.98. The quantitative estimate of drug-likeness (QED) is 0.511. The third-order valence-electron chi connectivity index (χ3n) is 1.77. The van der Waals surface area contributed by atoms with Crippen LogP contribution in [-0.2, 0) is 4.74 Å². The van der Waals surface area contributed by atoms with E-state index in [-0.39, 0.29) is 15.9 Å². The van der Waals surface area contributed by atoms with Crippen LogP contribution in [0.15, 0.2) is 6.20 Å². The van der Waals surface area contributed by atoms with Crippen molar-refractivity contribution in [1.82, 2.24) is 4.98 Å². The number of pyridine rings is 1. The predicted octanol–water partition coefficient (Wildman–Crippen LogP) is 3.64. The Hall–Kier alpha value is -1.60. The van der Waals surface area contributed by atoms with Crippen molar-refractivity contribution in [3.8, 4) is 0 Å². The molecule has 104 valence electrons. The summed E-state index contributed by atoms with van der Waals surface area (Å²) >= 11 is 11.4. The Balaban J connectivity index is 3.10. The molecule has 0 unspecified atom stereocenters. The number of rotatable bonds is 2. The largest absolute Gasteiger partial charge is 0.444 e. The third kappa shape index (κ3) is 4.22. The lowest BCUT2D eigenvalue weighted by Gasteiger charge is -2.19. The highest BCUT2D eigenvalue weighted by Crippen LogP contribution is 2.36. The number of anilines is 1. The highest BCUT2D eigenvalue weighted by molar-refractivity contribution is 6.36. The number of hydrogen-bond donors (Lipinski definition) is 1. The molecule has 19 heavy (non-hydrogen) atoms. The number of nitrogens with one attached hydrogen (secondary N) is 1. The van der Waals surface area contributed by atoms with Crippen LogP contribution < -0.4 is 5.32 Å². The van der Waals surface area contributed by atoms with Crippen LogP contribution in [0.2, 0.25) is 10.2 Å². The fourth-order valence-electron chi connectivity index (χ4n) is 1.15. The molecule has 1 N–H and O–H groups in total. The second kappa shape index (κ2) is 5.58. The lowest BCUT2D eigenvalue weighted by atomic mass is 10.2. The molecule has 1 rings (SSSR count). The Labute approximate surface area is 119 Å². The number of halogens is 2. The van der Waals surface area contributed by atoms with Gasteiger partial charge in [-0.15, -0.1) is 0 Å². The molecule has 0 aliphatic rings. The lowest BCUT2D eigenvalue weighted by Crippen LogP contribution is -2.27. The predicted molar refractivity (Wildman–Crippen MR) is 70.8 cm³/mol. The number of hydrogen-bond acceptors (Lipinski definition) is 5. The number of ether oxygens (including phenoxy) is 1. The minimum absolute atomic E-state index is 0.109. The summed E-state index contributed by atoms with van der Waals surface area (Å²) in [6, 6.07) is 0. The number of carbonyl (C=O) groups excluding carboxylic acids is 1. The average Bonchev–Trinajstić information content (AvgIpc) is 2.20. The number of aromatic nitrogens is 1. The van der Waals surface area contributed by atoms with Gasteiger partial charge in [-0.1, -0.05) is 23.2 Å². The van der Waals surface area contributed by atoms with Gasteiger partial charge in [-0.3, -0.25) is 15.4 Å².